The molecule has 0 spiro atoms. The Bertz CT molecular complexity index is 1250. The van der Waals surface area contributed by atoms with Crippen LogP contribution in [0.4, 0.5) is 21.7 Å². The monoisotopic (exact) mass is 453 g/mol. The number of rotatable bonds is 6. The molecule has 33 heavy (non-hydrogen) atoms. The minimum Gasteiger partial charge on any atom is -0.373 e. The lowest BCUT2D eigenvalue weighted by molar-refractivity contribution is 0.0938. The van der Waals surface area contributed by atoms with Crippen LogP contribution >= 0.6 is 0 Å². The molecule has 3 heterocycles. The van der Waals surface area contributed by atoms with Gasteiger partial charge in [-0.05, 0) is 50.2 Å². The molecule has 2 fully saturated rings. The third-order valence-electron chi connectivity index (χ3n) is 6.69. The van der Waals surface area contributed by atoms with E-state index in [1.165, 1.54) is 6.20 Å². The van der Waals surface area contributed by atoms with Gasteiger partial charge in [0.2, 0.25) is 0 Å². The first-order valence-electron chi connectivity index (χ1n) is 11.4. The highest BCUT2D eigenvalue weighted by Crippen LogP contribution is 2.33. The summed E-state index contributed by atoms with van der Waals surface area (Å²) in [5.41, 5.74) is 0.875. The molecule has 3 aromatic rings. The van der Waals surface area contributed by atoms with Crippen LogP contribution in [0.25, 0.3) is 5.65 Å². The molecule has 2 aliphatic rings. The molecular formula is C23H28FN7O2. The van der Waals surface area contributed by atoms with Crippen LogP contribution in [0.3, 0.4) is 0 Å². The number of carbonyl (C=O) groups is 1. The summed E-state index contributed by atoms with van der Waals surface area (Å²) in [6, 6.07) is 5.18. The fourth-order valence-electron chi connectivity index (χ4n) is 4.75. The minimum absolute atomic E-state index is 0.124. The maximum Gasteiger partial charge on any atom is 0.274 e. The predicted octanol–water partition coefficient (Wildman–Crippen LogP) is 3.27. The van der Waals surface area contributed by atoms with Crippen molar-refractivity contribution in [1.82, 2.24) is 24.5 Å². The lowest BCUT2D eigenvalue weighted by Gasteiger charge is -2.31. The number of aromatic nitrogens is 4. The van der Waals surface area contributed by atoms with Gasteiger partial charge in [0, 0.05) is 31.4 Å². The number of hydrogen-bond acceptors (Lipinski definition) is 6. The highest BCUT2D eigenvalue weighted by molar-refractivity contribution is 6.00. The van der Waals surface area contributed by atoms with Crippen LogP contribution in [0.1, 0.15) is 55.4 Å². The molecule has 0 bridgehead atoms. The van der Waals surface area contributed by atoms with E-state index in [9.17, 15) is 14.0 Å². The van der Waals surface area contributed by atoms with E-state index in [2.05, 4.69) is 33.0 Å². The van der Waals surface area contributed by atoms with Gasteiger partial charge >= 0.3 is 0 Å². The van der Waals surface area contributed by atoms with E-state index in [1.54, 1.807) is 40.5 Å². The number of pyridine rings is 1. The van der Waals surface area contributed by atoms with Gasteiger partial charge in [0.1, 0.15) is 29.1 Å². The molecule has 0 radical (unpaired) electrons. The highest BCUT2D eigenvalue weighted by atomic mass is 19.1. The topological polar surface area (TPSA) is 105 Å². The maximum absolute atomic E-state index is 13.3. The standard InChI is InChI=1S/C23H28FN7O2/c1-13-5-6-15(8-13)27-22(32)17-12-26-31-20(25-2)11-19(29-21(17)31)28-18-4-3-7-30(23(18)33)16-9-14(24)10-16/h3-4,7,11-16,25H,5-6,8-10H2,1-2H3,(H,27,32)(H,28,29)/t13-,14?,15+,16?/m0/s1. The zero-order valence-corrected chi connectivity index (χ0v) is 18.7. The van der Waals surface area contributed by atoms with Crippen LogP contribution in [0.5, 0.6) is 0 Å². The number of halogens is 1. The van der Waals surface area contributed by atoms with Crippen molar-refractivity contribution < 1.29 is 9.18 Å². The number of anilines is 3. The molecule has 2 aliphatic carbocycles. The van der Waals surface area contributed by atoms with Gasteiger partial charge in [0.15, 0.2) is 5.65 Å². The van der Waals surface area contributed by atoms with Crippen molar-refractivity contribution in [3.8, 4) is 0 Å². The summed E-state index contributed by atoms with van der Waals surface area (Å²) in [6.07, 6.45) is 6.10. The minimum atomic E-state index is -0.848. The quantitative estimate of drug-likeness (QED) is 0.529. The van der Waals surface area contributed by atoms with Gasteiger partial charge in [-0.2, -0.15) is 9.61 Å². The van der Waals surface area contributed by atoms with E-state index in [1.807, 2.05) is 0 Å². The van der Waals surface area contributed by atoms with Crippen molar-refractivity contribution in [2.24, 2.45) is 5.92 Å². The Hall–Kier alpha value is -3.43. The zero-order valence-electron chi connectivity index (χ0n) is 18.7. The van der Waals surface area contributed by atoms with Gasteiger partial charge in [-0.1, -0.05) is 6.92 Å². The Morgan fingerprint density at radius 2 is 2.06 bits per heavy atom. The van der Waals surface area contributed by atoms with Gasteiger partial charge in [0.05, 0.1) is 6.20 Å². The first-order chi connectivity index (χ1) is 15.9. The second-order valence-corrected chi connectivity index (χ2v) is 9.14. The summed E-state index contributed by atoms with van der Waals surface area (Å²) < 4.78 is 16.4. The Kier molecular flexibility index (Phi) is 5.51. The smallest absolute Gasteiger partial charge is 0.274 e. The Morgan fingerprint density at radius 1 is 1.24 bits per heavy atom. The molecule has 0 aromatic carbocycles. The van der Waals surface area contributed by atoms with Crippen LogP contribution in [0.2, 0.25) is 0 Å². The Balaban J connectivity index is 1.44. The summed E-state index contributed by atoms with van der Waals surface area (Å²) in [4.78, 5) is 30.5. The summed E-state index contributed by atoms with van der Waals surface area (Å²) >= 11 is 0. The first kappa shape index (κ1) is 21.4. The Labute approximate surface area is 190 Å². The number of carbonyl (C=O) groups excluding carboxylic acids is 1. The van der Waals surface area contributed by atoms with Gasteiger partial charge in [0.25, 0.3) is 11.5 Å². The van der Waals surface area contributed by atoms with Crippen molar-refractivity contribution in [1.29, 1.82) is 0 Å². The number of nitrogens with zero attached hydrogens (tertiary/aromatic N) is 4. The van der Waals surface area contributed by atoms with Crippen molar-refractivity contribution in [2.75, 3.05) is 17.7 Å². The van der Waals surface area contributed by atoms with Crippen molar-refractivity contribution in [2.45, 2.75) is 57.3 Å². The van der Waals surface area contributed by atoms with E-state index in [0.717, 1.165) is 19.3 Å². The third kappa shape index (κ3) is 4.05. The average Bonchev–Trinajstić information content (AvgIpc) is 3.38. The fraction of sp³-hybridized carbons (Fsp3) is 0.478. The van der Waals surface area contributed by atoms with E-state index in [0.29, 0.717) is 47.3 Å². The number of nitrogens with one attached hydrogen (secondary N) is 3. The SMILES string of the molecule is CNc1cc(Nc2cccn(C3CC(F)C3)c2=O)nc2c(C(=O)N[C@@H]3CC[C@H](C)C3)cnn12. The average molecular weight is 454 g/mol. The van der Waals surface area contributed by atoms with Gasteiger partial charge in [-0.3, -0.25) is 9.59 Å². The van der Waals surface area contributed by atoms with Gasteiger partial charge in [-0.15, -0.1) is 0 Å². The molecule has 0 aliphatic heterocycles. The molecule has 9 nitrogen and oxygen atoms in total. The van der Waals surface area contributed by atoms with E-state index < -0.39 is 6.17 Å². The molecule has 3 N–H and O–H groups in total. The normalized spacial score (nSPS) is 24.5. The summed E-state index contributed by atoms with van der Waals surface area (Å²) in [5.74, 6) is 1.42. The van der Waals surface area contributed by atoms with E-state index in [4.69, 9.17) is 0 Å². The highest BCUT2D eigenvalue weighted by Gasteiger charge is 2.31. The first-order valence-corrected chi connectivity index (χ1v) is 11.4. The van der Waals surface area contributed by atoms with E-state index in [-0.39, 0.29) is 23.6 Å². The van der Waals surface area contributed by atoms with Crippen LogP contribution in [-0.4, -0.2) is 44.3 Å². The van der Waals surface area contributed by atoms with Crippen LogP contribution in [0.15, 0.2) is 35.4 Å². The van der Waals surface area contributed by atoms with E-state index >= 15 is 0 Å². The molecule has 0 saturated heterocycles. The molecule has 10 heteroatoms. The third-order valence-corrected chi connectivity index (χ3v) is 6.69. The van der Waals surface area contributed by atoms with Crippen LogP contribution in [0, 0.1) is 5.92 Å². The van der Waals surface area contributed by atoms with Gasteiger partial charge < -0.3 is 20.5 Å². The number of hydrogen-bond donors (Lipinski definition) is 3. The molecule has 174 valence electrons. The number of alkyl halides is 1. The summed E-state index contributed by atoms with van der Waals surface area (Å²) in [6.45, 7) is 2.19. The second kappa shape index (κ2) is 8.49. The molecule has 2 saturated carbocycles. The molecule has 1 amide bonds. The zero-order chi connectivity index (χ0) is 23.1. The number of fused-ring (bicyclic) bond motifs is 1. The maximum atomic E-state index is 13.3. The van der Waals surface area contributed by atoms with Crippen molar-refractivity contribution in [3.05, 3.63) is 46.5 Å². The van der Waals surface area contributed by atoms with Gasteiger partial charge in [-0.25, -0.2) is 9.37 Å². The van der Waals surface area contributed by atoms with Crippen LogP contribution < -0.4 is 21.5 Å². The van der Waals surface area contributed by atoms with Crippen molar-refractivity contribution >= 4 is 28.9 Å². The molecule has 3 aromatic heterocycles. The number of amides is 1. The summed E-state index contributed by atoms with van der Waals surface area (Å²) in [7, 11) is 1.75. The predicted molar refractivity (Wildman–Crippen MR) is 124 cm³/mol. The van der Waals surface area contributed by atoms with Crippen molar-refractivity contribution in [3.63, 3.8) is 0 Å². The summed E-state index contributed by atoms with van der Waals surface area (Å²) in [5, 5.41) is 13.6. The second-order valence-electron chi connectivity index (χ2n) is 9.14. The van der Waals surface area contributed by atoms with Crippen LogP contribution in [-0.2, 0) is 0 Å². The molecular weight excluding hydrogens is 425 g/mol. The fourth-order valence-corrected chi connectivity index (χ4v) is 4.75. The lowest BCUT2D eigenvalue weighted by Crippen LogP contribution is -2.35. The Morgan fingerprint density at radius 3 is 2.76 bits per heavy atom. The molecule has 5 rings (SSSR count). The molecule has 0 unspecified atom stereocenters. The largest absolute Gasteiger partial charge is 0.373 e. The molecule has 2 atom stereocenters. The lowest BCUT2D eigenvalue weighted by atomic mass is 9.90.